The summed E-state index contributed by atoms with van der Waals surface area (Å²) < 4.78 is 18.4. The van der Waals surface area contributed by atoms with E-state index in [2.05, 4.69) is 0 Å². The topological polar surface area (TPSA) is 35.2 Å². The van der Waals surface area contributed by atoms with E-state index in [4.69, 9.17) is 10.5 Å². The zero-order valence-electron chi connectivity index (χ0n) is 8.16. The van der Waals surface area contributed by atoms with Gasteiger partial charge >= 0.3 is 0 Å². The third-order valence-electron chi connectivity index (χ3n) is 2.70. The number of methoxy groups -OCH3 is 1. The van der Waals surface area contributed by atoms with Gasteiger partial charge in [-0.1, -0.05) is 6.07 Å². The van der Waals surface area contributed by atoms with Crippen molar-refractivity contribution >= 4 is 0 Å². The average molecular weight is 195 g/mol. The van der Waals surface area contributed by atoms with Gasteiger partial charge in [0, 0.05) is 17.7 Å². The number of nitrogens with two attached hydrogens (primary N) is 1. The molecule has 2 rings (SSSR count). The van der Waals surface area contributed by atoms with Gasteiger partial charge in [-0.05, 0) is 24.8 Å². The van der Waals surface area contributed by atoms with Gasteiger partial charge in [0.2, 0.25) is 0 Å². The maximum absolute atomic E-state index is 13.5. The van der Waals surface area contributed by atoms with Crippen molar-refractivity contribution in [2.75, 3.05) is 7.11 Å². The van der Waals surface area contributed by atoms with Crippen molar-refractivity contribution in [3.05, 3.63) is 29.6 Å². The van der Waals surface area contributed by atoms with Crippen LogP contribution in [0.15, 0.2) is 18.2 Å². The summed E-state index contributed by atoms with van der Waals surface area (Å²) in [5.41, 5.74) is 6.52. The molecule has 14 heavy (non-hydrogen) atoms. The van der Waals surface area contributed by atoms with Gasteiger partial charge in [-0.15, -0.1) is 0 Å². The van der Waals surface area contributed by atoms with E-state index in [0.717, 1.165) is 12.8 Å². The van der Waals surface area contributed by atoms with Gasteiger partial charge in [0.15, 0.2) is 0 Å². The third kappa shape index (κ3) is 1.73. The zero-order valence-corrected chi connectivity index (χ0v) is 8.16. The summed E-state index contributed by atoms with van der Waals surface area (Å²) in [5, 5.41) is 0. The lowest BCUT2D eigenvalue weighted by Gasteiger charge is -2.12. The molecule has 1 aromatic carbocycles. The molecule has 3 heteroatoms. The Kier molecular flexibility index (Phi) is 2.42. The molecule has 0 radical (unpaired) electrons. The molecule has 0 aliphatic heterocycles. The summed E-state index contributed by atoms with van der Waals surface area (Å²) in [7, 11) is 1.52. The summed E-state index contributed by atoms with van der Waals surface area (Å²) in [5.74, 6) is 0.746. The van der Waals surface area contributed by atoms with E-state index in [1.54, 1.807) is 12.1 Å². The Balaban J connectivity index is 2.24. The van der Waals surface area contributed by atoms with Crippen molar-refractivity contribution < 1.29 is 9.13 Å². The normalized spacial score (nSPS) is 17.9. The fourth-order valence-electron chi connectivity index (χ4n) is 1.61. The Morgan fingerprint density at radius 3 is 2.71 bits per heavy atom. The Morgan fingerprint density at radius 1 is 1.50 bits per heavy atom. The summed E-state index contributed by atoms with van der Waals surface area (Å²) in [4.78, 5) is 0. The summed E-state index contributed by atoms with van der Waals surface area (Å²) in [6, 6.07) is 4.70. The van der Waals surface area contributed by atoms with Crippen LogP contribution < -0.4 is 10.5 Å². The van der Waals surface area contributed by atoms with Crippen LogP contribution in [0, 0.1) is 11.7 Å². The smallest absolute Gasteiger partial charge is 0.131 e. The Labute approximate surface area is 82.9 Å². The molecule has 0 bridgehead atoms. The van der Waals surface area contributed by atoms with Crippen LogP contribution in [0.5, 0.6) is 5.75 Å². The highest BCUT2D eigenvalue weighted by Crippen LogP contribution is 2.40. The molecule has 76 valence electrons. The maximum Gasteiger partial charge on any atom is 0.131 e. The zero-order chi connectivity index (χ0) is 10.1. The van der Waals surface area contributed by atoms with Gasteiger partial charge in [-0.3, -0.25) is 0 Å². The van der Waals surface area contributed by atoms with E-state index in [1.165, 1.54) is 13.2 Å². The van der Waals surface area contributed by atoms with Crippen LogP contribution in [0.2, 0.25) is 0 Å². The van der Waals surface area contributed by atoms with Crippen molar-refractivity contribution in [1.29, 1.82) is 0 Å². The molecule has 1 saturated carbocycles. The first-order valence-electron chi connectivity index (χ1n) is 4.81. The number of benzene rings is 1. The second-order valence-corrected chi connectivity index (χ2v) is 3.75. The minimum Gasteiger partial charge on any atom is -0.497 e. The van der Waals surface area contributed by atoms with Crippen LogP contribution in [-0.4, -0.2) is 7.11 Å². The van der Waals surface area contributed by atoms with E-state index < -0.39 is 0 Å². The SMILES string of the molecule is COc1ccc(C(N)C2CC2)c(F)c1. The second kappa shape index (κ2) is 3.58. The summed E-state index contributed by atoms with van der Waals surface area (Å²) in [6.45, 7) is 0. The predicted octanol–water partition coefficient (Wildman–Crippen LogP) is 2.24. The number of ether oxygens (including phenoxy) is 1. The maximum atomic E-state index is 13.5. The van der Waals surface area contributed by atoms with E-state index >= 15 is 0 Å². The van der Waals surface area contributed by atoms with E-state index in [1.807, 2.05) is 0 Å². The minimum absolute atomic E-state index is 0.152. The monoisotopic (exact) mass is 195 g/mol. The molecule has 0 heterocycles. The molecule has 2 nitrogen and oxygen atoms in total. The molecule has 1 atom stereocenters. The first-order valence-corrected chi connectivity index (χ1v) is 4.81. The molecule has 0 spiro atoms. The molecule has 0 aromatic heterocycles. The molecular weight excluding hydrogens is 181 g/mol. The van der Waals surface area contributed by atoms with E-state index in [0.29, 0.717) is 17.2 Å². The van der Waals surface area contributed by atoms with Crippen LogP contribution in [0.3, 0.4) is 0 Å². The Morgan fingerprint density at radius 2 is 2.21 bits per heavy atom. The fourth-order valence-corrected chi connectivity index (χ4v) is 1.61. The quantitative estimate of drug-likeness (QED) is 0.802. The van der Waals surface area contributed by atoms with Crippen molar-refractivity contribution in [3.63, 3.8) is 0 Å². The molecule has 1 aliphatic rings. The third-order valence-corrected chi connectivity index (χ3v) is 2.70. The molecule has 1 fully saturated rings. The number of rotatable bonds is 3. The van der Waals surface area contributed by atoms with Crippen LogP contribution in [-0.2, 0) is 0 Å². The Hall–Kier alpha value is -1.09. The lowest BCUT2D eigenvalue weighted by atomic mass is 10.0. The van der Waals surface area contributed by atoms with E-state index in [-0.39, 0.29) is 11.9 Å². The van der Waals surface area contributed by atoms with Crippen LogP contribution in [0.1, 0.15) is 24.4 Å². The molecule has 1 aliphatic carbocycles. The van der Waals surface area contributed by atoms with Gasteiger partial charge in [0.25, 0.3) is 0 Å². The number of hydrogen-bond acceptors (Lipinski definition) is 2. The van der Waals surface area contributed by atoms with Crippen molar-refractivity contribution in [3.8, 4) is 5.75 Å². The first-order chi connectivity index (χ1) is 6.72. The number of hydrogen-bond donors (Lipinski definition) is 1. The van der Waals surface area contributed by atoms with Gasteiger partial charge < -0.3 is 10.5 Å². The molecule has 2 N–H and O–H groups in total. The predicted molar refractivity (Wildman–Crippen MR) is 52.6 cm³/mol. The van der Waals surface area contributed by atoms with Crippen LogP contribution >= 0.6 is 0 Å². The highest BCUT2D eigenvalue weighted by atomic mass is 19.1. The van der Waals surface area contributed by atoms with Gasteiger partial charge in [0.1, 0.15) is 11.6 Å². The highest BCUT2D eigenvalue weighted by Gasteiger charge is 2.31. The molecular formula is C11H14FNO. The average Bonchev–Trinajstić information content (AvgIpc) is 3.00. The van der Waals surface area contributed by atoms with Crippen molar-refractivity contribution in [2.45, 2.75) is 18.9 Å². The highest BCUT2D eigenvalue weighted by molar-refractivity contribution is 5.31. The summed E-state index contributed by atoms with van der Waals surface area (Å²) in [6.07, 6.45) is 2.24. The summed E-state index contributed by atoms with van der Waals surface area (Å²) >= 11 is 0. The van der Waals surface area contributed by atoms with Crippen molar-refractivity contribution in [1.82, 2.24) is 0 Å². The van der Waals surface area contributed by atoms with E-state index in [9.17, 15) is 4.39 Å². The minimum atomic E-state index is -0.260. The van der Waals surface area contributed by atoms with Crippen LogP contribution in [0.4, 0.5) is 4.39 Å². The number of halogens is 1. The first kappa shape index (κ1) is 9.46. The lowest BCUT2D eigenvalue weighted by molar-refractivity contribution is 0.409. The molecule has 0 saturated heterocycles. The van der Waals surface area contributed by atoms with Crippen LogP contribution in [0.25, 0.3) is 0 Å². The van der Waals surface area contributed by atoms with Gasteiger partial charge in [-0.25, -0.2) is 4.39 Å². The molecule has 1 aromatic rings. The van der Waals surface area contributed by atoms with Gasteiger partial charge in [-0.2, -0.15) is 0 Å². The fraction of sp³-hybridized carbons (Fsp3) is 0.455. The largest absolute Gasteiger partial charge is 0.497 e. The molecule has 0 amide bonds. The standard InChI is InChI=1S/C11H14FNO/c1-14-8-4-5-9(10(12)6-8)11(13)7-2-3-7/h4-7,11H,2-3,13H2,1H3. The van der Waals surface area contributed by atoms with Gasteiger partial charge in [0.05, 0.1) is 7.11 Å². The Bertz CT molecular complexity index is 336. The lowest BCUT2D eigenvalue weighted by Crippen LogP contribution is -2.14. The molecule has 1 unspecified atom stereocenters. The second-order valence-electron chi connectivity index (χ2n) is 3.75. The van der Waals surface area contributed by atoms with Crippen molar-refractivity contribution in [2.24, 2.45) is 11.7 Å².